The van der Waals surface area contributed by atoms with Gasteiger partial charge in [-0.1, -0.05) is 11.2 Å². The predicted molar refractivity (Wildman–Crippen MR) is 103 cm³/mol. The minimum absolute atomic E-state index is 0.137. The van der Waals surface area contributed by atoms with Crippen LogP contribution in [-0.4, -0.2) is 33.2 Å². The monoisotopic (exact) mass is 393 g/mol. The van der Waals surface area contributed by atoms with Gasteiger partial charge in [0.05, 0.1) is 0 Å². The molecular weight excluding hydrogens is 376 g/mol. The number of halogens is 2. The number of hydrogen-bond donors (Lipinski definition) is 0. The number of hydrogen-bond acceptors (Lipinski definition) is 6. The van der Waals surface area contributed by atoms with E-state index in [0.717, 1.165) is 24.6 Å². The summed E-state index contributed by atoms with van der Waals surface area (Å²) in [6.45, 7) is 1.42. The van der Waals surface area contributed by atoms with Gasteiger partial charge < -0.3 is 9.42 Å². The zero-order chi connectivity index (χ0) is 19.8. The van der Waals surface area contributed by atoms with E-state index in [9.17, 15) is 8.78 Å². The number of piperidine rings is 1. The molecule has 1 aromatic carbocycles. The van der Waals surface area contributed by atoms with Gasteiger partial charge in [0, 0.05) is 48.5 Å². The summed E-state index contributed by atoms with van der Waals surface area (Å²) < 4.78 is 33.3. The Morgan fingerprint density at radius 3 is 2.66 bits per heavy atom. The van der Waals surface area contributed by atoms with Crippen LogP contribution >= 0.6 is 0 Å². The van der Waals surface area contributed by atoms with Crippen molar-refractivity contribution in [1.82, 2.24) is 20.1 Å². The first-order chi connectivity index (χ1) is 14.2. The van der Waals surface area contributed by atoms with E-state index in [2.05, 4.69) is 25.0 Å². The summed E-state index contributed by atoms with van der Waals surface area (Å²) >= 11 is 0. The van der Waals surface area contributed by atoms with Crippen molar-refractivity contribution in [2.45, 2.75) is 18.8 Å². The Labute approximate surface area is 165 Å². The predicted octanol–water partition coefficient (Wildman–Crippen LogP) is 4.34. The smallest absolute Gasteiger partial charge is 0.230 e. The molecule has 0 radical (unpaired) electrons. The van der Waals surface area contributed by atoms with Crippen LogP contribution in [0.4, 0.5) is 14.5 Å². The molecule has 4 heterocycles. The fourth-order valence-corrected chi connectivity index (χ4v) is 3.81. The number of aromatic nitrogens is 4. The first-order valence-electron chi connectivity index (χ1n) is 9.43. The average Bonchev–Trinajstić information content (AvgIpc) is 3.24. The van der Waals surface area contributed by atoms with Gasteiger partial charge in [-0.05, 0) is 37.1 Å². The zero-order valence-electron chi connectivity index (χ0n) is 15.4. The standard InChI is InChI=1S/C21H17F2N5O/c22-14-11-15-18(4-8-25-19(15)16(23)12-14)28-9-5-13(6-10-28)21-26-20(27-29-21)17-3-1-2-7-24-17/h1-4,7-8,11-13H,5-6,9-10H2. The summed E-state index contributed by atoms with van der Waals surface area (Å²) in [7, 11) is 0. The molecule has 29 heavy (non-hydrogen) atoms. The lowest BCUT2D eigenvalue weighted by atomic mass is 9.96. The van der Waals surface area contributed by atoms with Gasteiger partial charge in [-0.25, -0.2) is 8.78 Å². The lowest BCUT2D eigenvalue weighted by Crippen LogP contribution is -2.33. The number of pyridine rings is 2. The van der Waals surface area contributed by atoms with Gasteiger partial charge in [0.15, 0.2) is 5.82 Å². The van der Waals surface area contributed by atoms with Gasteiger partial charge in [-0.2, -0.15) is 4.98 Å². The summed E-state index contributed by atoms with van der Waals surface area (Å²) in [5, 5.41) is 4.53. The van der Waals surface area contributed by atoms with Gasteiger partial charge in [0.1, 0.15) is 17.0 Å². The molecular formula is C21H17F2N5O. The van der Waals surface area contributed by atoms with E-state index in [4.69, 9.17) is 4.52 Å². The quantitative estimate of drug-likeness (QED) is 0.516. The summed E-state index contributed by atoms with van der Waals surface area (Å²) in [5.74, 6) is -0.0365. The fraction of sp³-hybridized carbons (Fsp3) is 0.238. The van der Waals surface area contributed by atoms with Crippen molar-refractivity contribution >= 4 is 16.6 Å². The molecule has 1 aliphatic rings. The van der Waals surface area contributed by atoms with Crippen molar-refractivity contribution in [2.24, 2.45) is 0 Å². The SMILES string of the molecule is Fc1cc(F)c2nccc(N3CCC(c4nc(-c5ccccn5)no4)CC3)c2c1. The zero-order valence-corrected chi connectivity index (χ0v) is 15.4. The third kappa shape index (κ3) is 3.30. The minimum Gasteiger partial charge on any atom is -0.371 e. The van der Waals surface area contributed by atoms with Crippen LogP contribution in [0.25, 0.3) is 22.4 Å². The molecule has 1 fully saturated rings. The van der Waals surface area contributed by atoms with Crippen molar-refractivity contribution in [3.63, 3.8) is 0 Å². The molecule has 0 spiro atoms. The first kappa shape index (κ1) is 17.7. The Bertz CT molecular complexity index is 1160. The molecule has 0 atom stereocenters. The molecule has 0 bridgehead atoms. The summed E-state index contributed by atoms with van der Waals surface area (Å²) in [6, 6.07) is 9.55. The van der Waals surface area contributed by atoms with E-state index in [-0.39, 0.29) is 11.4 Å². The van der Waals surface area contributed by atoms with E-state index in [1.807, 2.05) is 18.2 Å². The highest BCUT2D eigenvalue weighted by Gasteiger charge is 2.27. The Hall–Kier alpha value is -3.42. The Morgan fingerprint density at radius 1 is 1.00 bits per heavy atom. The van der Waals surface area contributed by atoms with Crippen LogP contribution in [-0.2, 0) is 0 Å². The van der Waals surface area contributed by atoms with Crippen LogP contribution in [0, 0.1) is 11.6 Å². The lowest BCUT2D eigenvalue weighted by molar-refractivity contribution is 0.329. The molecule has 0 amide bonds. The van der Waals surface area contributed by atoms with Gasteiger partial charge in [0.25, 0.3) is 0 Å². The number of fused-ring (bicyclic) bond motifs is 1. The van der Waals surface area contributed by atoms with E-state index < -0.39 is 11.6 Å². The van der Waals surface area contributed by atoms with E-state index in [1.54, 1.807) is 18.5 Å². The summed E-state index contributed by atoms with van der Waals surface area (Å²) in [5.41, 5.74) is 1.64. The molecule has 4 aromatic rings. The van der Waals surface area contributed by atoms with Crippen LogP contribution < -0.4 is 4.90 Å². The molecule has 5 rings (SSSR count). The van der Waals surface area contributed by atoms with Crippen molar-refractivity contribution in [1.29, 1.82) is 0 Å². The molecule has 6 nitrogen and oxygen atoms in total. The molecule has 0 N–H and O–H groups in total. The first-order valence-corrected chi connectivity index (χ1v) is 9.43. The fourth-order valence-electron chi connectivity index (χ4n) is 3.81. The molecule has 1 aliphatic heterocycles. The van der Waals surface area contributed by atoms with Gasteiger partial charge in [0.2, 0.25) is 11.7 Å². The minimum atomic E-state index is -0.648. The highest BCUT2D eigenvalue weighted by atomic mass is 19.1. The number of anilines is 1. The van der Waals surface area contributed by atoms with Crippen molar-refractivity contribution in [3.8, 4) is 11.5 Å². The molecule has 8 heteroatoms. The molecule has 0 saturated carbocycles. The third-order valence-corrected chi connectivity index (χ3v) is 5.26. The lowest BCUT2D eigenvalue weighted by Gasteiger charge is -2.32. The molecule has 1 saturated heterocycles. The van der Waals surface area contributed by atoms with Crippen LogP contribution in [0.1, 0.15) is 24.7 Å². The maximum absolute atomic E-state index is 14.1. The number of rotatable bonds is 3. The topological polar surface area (TPSA) is 67.9 Å². The van der Waals surface area contributed by atoms with Crippen molar-refractivity contribution in [2.75, 3.05) is 18.0 Å². The van der Waals surface area contributed by atoms with E-state index in [0.29, 0.717) is 35.9 Å². The highest BCUT2D eigenvalue weighted by Crippen LogP contribution is 2.34. The second-order valence-corrected chi connectivity index (χ2v) is 7.05. The van der Waals surface area contributed by atoms with Crippen LogP contribution in [0.5, 0.6) is 0 Å². The van der Waals surface area contributed by atoms with Gasteiger partial charge in [-0.15, -0.1) is 0 Å². The average molecular weight is 393 g/mol. The van der Waals surface area contributed by atoms with E-state index >= 15 is 0 Å². The molecule has 0 unspecified atom stereocenters. The summed E-state index contributed by atoms with van der Waals surface area (Å²) in [4.78, 5) is 14.9. The second kappa shape index (κ2) is 7.20. The number of nitrogens with zero attached hydrogens (tertiary/aromatic N) is 5. The second-order valence-electron chi connectivity index (χ2n) is 7.05. The Morgan fingerprint density at radius 2 is 1.86 bits per heavy atom. The van der Waals surface area contributed by atoms with Crippen molar-refractivity contribution < 1.29 is 13.3 Å². The normalized spacial score (nSPS) is 15.2. The van der Waals surface area contributed by atoms with Crippen LogP contribution in [0.3, 0.4) is 0 Å². The maximum Gasteiger partial charge on any atom is 0.230 e. The maximum atomic E-state index is 14.1. The van der Waals surface area contributed by atoms with Gasteiger partial charge in [-0.3, -0.25) is 9.97 Å². The Kier molecular flexibility index (Phi) is 4.38. The summed E-state index contributed by atoms with van der Waals surface area (Å²) in [6.07, 6.45) is 4.84. The largest absolute Gasteiger partial charge is 0.371 e. The molecule has 0 aliphatic carbocycles. The molecule has 3 aromatic heterocycles. The van der Waals surface area contributed by atoms with Crippen molar-refractivity contribution in [3.05, 3.63) is 66.3 Å². The van der Waals surface area contributed by atoms with Gasteiger partial charge >= 0.3 is 0 Å². The third-order valence-electron chi connectivity index (χ3n) is 5.26. The number of benzene rings is 1. The highest BCUT2D eigenvalue weighted by molar-refractivity contribution is 5.92. The molecule has 146 valence electrons. The van der Waals surface area contributed by atoms with Crippen LogP contribution in [0.2, 0.25) is 0 Å². The van der Waals surface area contributed by atoms with Crippen LogP contribution in [0.15, 0.2) is 53.3 Å². The van der Waals surface area contributed by atoms with E-state index in [1.165, 1.54) is 6.07 Å². The Balaban J connectivity index is 1.35.